The van der Waals surface area contributed by atoms with E-state index in [9.17, 15) is 9.59 Å². The molecule has 1 aliphatic rings. The largest absolute Gasteiger partial charge is 0.450 e. The molecular formula is C10H19N3O3. The molecule has 2 amide bonds. The first kappa shape index (κ1) is 12.8. The van der Waals surface area contributed by atoms with Crippen molar-refractivity contribution in [3.05, 3.63) is 0 Å². The lowest BCUT2D eigenvalue weighted by Crippen LogP contribution is -2.59. The van der Waals surface area contributed by atoms with Crippen LogP contribution in [0.2, 0.25) is 0 Å². The monoisotopic (exact) mass is 229 g/mol. The molecule has 16 heavy (non-hydrogen) atoms. The Labute approximate surface area is 95.3 Å². The van der Waals surface area contributed by atoms with Gasteiger partial charge >= 0.3 is 6.09 Å². The van der Waals surface area contributed by atoms with Crippen LogP contribution in [0.15, 0.2) is 0 Å². The standard InChI is InChI=1S/C10H19N3O3/c1-3-12-9(14)8-7-11-5-6-13(8)10(15)16-4-2/h8,11H,3-7H2,1-2H3,(H,12,14). The van der Waals surface area contributed by atoms with E-state index >= 15 is 0 Å². The van der Waals surface area contributed by atoms with Gasteiger partial charge in [-0.2, -0.15) is 0 Å². The average molecular weight is 229 g/mol. The number of carbonyl (C=O) groups is 2. The average Bonchev–Trinajstić information content (AvgIpc) is 2.30. The predicted molar refractivity (Wildman–Crippen MR) is 59.1 cm³/mol. The minimum atomic E-state index is -0.465. The third-order valence-corrected chi connectivity index (χ3v) is 2.40. The van der Waals surface area contributed by atoms with Gasteiger partial charge < -0.3 is 15.4 Å². The van der Waals surface area contributed by atoms with Crippen LogP contribution in [-0.2, 0) is 9.53 Å². The van der Waals surface area contributed by atoms with E-state index in [1.807, 2.05) is 6.92 Å². The maximum absolute atomic E-state index is 11.7. The first-order valence-corrected chi connectivity index (χ1v) is 5.62. The van der Waals surface area contributed by atoms with Crippen molar-refractivity contribution >= 4 is 12.0 Å². The summed E-state index contributed by atoms with van der Waals surface area (Å²) in [5.74, 6) is -0.136. The van der Waals surface area contributed by atoms with Crippen molar-refractivity contribution in [1.82, 2.24) is 15.5 Å². The molecule has 6 heteroatoms. The highest BCUT2D eigenvalue weighted by Gasteiger charge is 2.32. The number of amides is 2. The normalized spacial score (nSPS) is 20.4. The molecule has 1 fully saturated rings. The molecule has 1 saturated heterocycles. The molecule has 0 aliphatic carbocycles. The van der Waals surface area contributed by atoms with E-state index in [2.05, 4.69) is 10.6 Å². The van der Waals surface area contributed by atoms with Gasteiger partial charge in [-0.15, -0.1) is 0 Å². The van der Waals surface area contributed by atoms with E-state index in [0.717, 1.165) is 0 Å². The van der Waals surface area contributed by atoms with Crippen molar-refractivity contribution in [2.75, 3.05) is 32.8 Å². The van der Waals surface area contributed by atoms with Crippen molar-refractivity contribution in [2.24, 2.45) is 0 Å². The van der Waals surface area contributed by atoms with Gasteiger partial charge in [0.1, 0.15) is 6.04 Å². The van der Waals surface area contributed by atoms with Crippen LogP contribution in [-0.4, -0.2) is 55.7 Å². The van der Waals surface area contributed by atoms with Crippen LogP contribution in [0.25, 0.3) is 0 Å². The Hall–Kier alpha value is -1.30. The summed E-state index contributed by atoms with van der Waals surface area (Å²) in [6.45, 7) is 6.15. The molecule has 0 radical (unpaired) electrons. The summed E-state index contributed by atoms with van der Waals surface area (Å²) in [4.78, 5) is 24.8. The van der Waals surface area contributed by atoms with Crippen LogP contribution in [0.5, 0.6) is 0 Å². The molecule has 0 saturated carbocycles. The highest BCUT2D eigenvalue weighted by Crippen LogP contribution is 2.06. The van der Waals surface area contributed by atoms with Crippen molar-refractivity contribution < 1.29 is 14.3 Å². The summed E-state index contributed by atoms with van der Waals surface area (Å²) in [5, 5.41) is 5.80. The summed E-state index contributed by atoms with van der Waals surface area (Å²) in [7, 11) is 0. The Morgan fingerprint density at radius 1 is 1.50 bits per heavy atom. The number of ether oxygens (including phenoxy) is 1. The van der Waals surface area contributed by atoms with Gasteiger partial charge in [0, 0.05) is 26.2 Å². The van der Waals surface area contributed by atoms with Gasteiger partial charge in [0.05, 0.1) is 6.61 Å². The van der Waals surface area contributed by atoms with Crippen LogP contribution < -0.4 is 10.6 Å². The lowest BCUT2D eigenvalue weighted by atomic mass is 10.2. The second-order valence-electron chi connectivity index (χ2n) is 3.51. The molecule has 6 nitrogen and oxygen atoms in total. The molecule has 2 N–H and O–H groups in total. The molecule has 1 atom stereocenters. The second kappa shape index (κ2) is 6.32. The van der Waals surface area contributed by atoms with Crippen LogP contribution in [0.4, 0.5) is 4.79 Å². The summed E-state index contributed by atoms with van der Waals surface area (Å²) >= 11 is 0. The first-order chi connectivity index (χ1) is 7.70. The third kappa shape index (κ3) is 3.10. The predicted octanol–water partition coefficient (Wildman–Crippen LogP) is -0.447. The Balaban J connectivity index is 2.63. The summed E-state index contributed by atoms with van der Waals surface area (Å²) in [6.07, 6.45) is -0.416. The minimum absolute atomic E-state index is 0.136. The van der Waals surface area contributed by atoms with Crippen molar-refractivity contribution in [3.8, 4) is 0 Å². The molecule has 0 spiro atoms. The number of nitrogens with one attached hydrogen (secondary N) is 2. The van der Waals surface area contributed by atoms with E-state index in [1.165, 1.54) is 4.90 Å². The third-order valence-electron chi connectivity index (χ3n) is 2.40. The van der Waals surface area contributed by atoms with E-state index in [1.54, 1.807) is 6.92 Å². The topological polar surface area (TPSA) is 70.7 Å². The van der Waals surface area contributed by atoms with Crippen molar-refractivity contribution in [2.45, 2.75) is 19.9 Å². The van der Waals surface area contributed by atoms with Crippen LogP contribution >= 0.6 is 0 Å². The molecule has 1 aliphatic heterocycles. The Morgan fingerprint density at radius 2 is 2.25 bits per heavy atom. The van der Waals surface area contributed by atoms with Crippen molar-refractivity contribution in [3.63, 3.8) is 0 Å². The van der Waals surface area contributed by atoms with Gasteiger partial charge in [-0.25, -0.2) is 4.79 Å². The number of nitrogens with zero attached hydrogens (tertiary/aromatic N) is 1. The number of rotatable bonds is 3. The Morgan fingerprint density at radius 3 is 2.88 bits per heavy atom. The molecule has 0 aromatic heterocycles. The lowest BCUT2D eigenvalue weighted by molar-refractivity contribution is -0.126. The molecule has 0 bridgehead atoms. The van der Waals surface area contributed by atoms with Gasteiger partial charge in [0.2, 0.25) is 5.91 Å². The van der Waals surface area contributed by atoms with E-state index in [-0.39, 0.29) is 5.91 Å². The second-order valence-corrected chi connectivity index (χ2v) is 3.51. The van der Waals surface area contributed by atoms with E-state index < -0.39 is 12.1 Å². The highest BCUT2D eigenvalue weighted by atomic mass is 16.6. The van der Waals surface area contributed by atoms with Gasteiger partial charge in [0.15, 0.2) is 0 Å². The number of piperazine rings is 1. The van der Waals surface area contributed by atoms with Crippen LogP contribution in [0.3, 0.4) is 0 Å². The number of hydrogen-bond donors (Lipinski definition) is 2. The zero-order valence-electron chi connectivity index (χ0n) is 9.78. The van der Waals surface area contributed by atoms with Gasteiger partial charge in [-0.3, -0.25) is 9.69 Å². The first-order valence-electron chi connectivity index (χ1n) is 5.62. The molecule has 0 aromatic rings. The minimum Gasteiger partial charge on any atom is -0.450 e. The fourth-order valence-corrected chi connectivity index (χ4v) is 1.66. The Bertz CT molecular complexity index is 232. The number of carbonyl (C=O) groups excluding carboxylic acids is 2. The fourth-order valence-electron chi connectivity index (χ4n) is 1.66. The summed E-state index contributed by atoms with van der Waals surface area (Å²) < 4.78 is 4.92. The van der Waals surface area contributed by atoms with Gasteiger partial charge in [-0.1, -0.05) is 0 Å². The maximum Gasteiger partial charge on any atom is 0.410 e. The zero-order valence-corrected chi connectivity index (χ0v) is 9.78. The smallest absolute Gasteiger partial charge is 0.410 e. The SMILES string of the molecule is CCNC(=O)C1CNCCN1C(=O)OCC. The van der Waals surface area contributed by atoms with E-state index in [4.69, 9.17) is 4.74 Å². The zero-order chi connectivity index (χ0) is 12.0. The quantitative estimate of drug-likeness (QED) is 0.688. The fraction of sp³-hybridized carbons (Fsp3) is 0.800. The molecular weight excluding hydrogens is 210 g/mol. The van der Waals surface area contributed by atoms with E-state index in [0.29, 0.717) is 32.8 Å². The van der Waals surface area contributed by atoms with Crippen LogP contribution in [0, 0.1) is 0 Å². The Kier molecular flexibility index (Phi) is 5.04. The van der Waals surface area contributed by atoms with Gasteiger partial charge in [0.25, 0.3) is 0 Å². The molecule has 1 unspecified atom stereocenters. The van der Waals surface area contributed by atoms with Crippen molar-refractivity contribution in [1.29, 1.82) is 0 Å². The summed E-state index contributed by atoms with van der Waals surface area (Å²) in [6, 6.07) is -0.465. The maximum atomic E-state index is 11.7. The van der Waals surface area contributed by atoms with Gasteiger partial charge in [-0.05, 0) is 13.8 Å². The molecule has 1 heterocycles. The molecule has 0 aromatic carbocycles. The number of hydrogen-bond acceptors (Lipinski definition) is 4. The molecule has 1 rings (SSSR count). The highest BCUT2D eigenvalue weighted by molar-refractivity contribution is 5.86. The van der Waals surface area contributed by atoms with Crippen LogP contribution in [0.1, 0.15) is 13.8 Å². The lowest BCUT2D eigenvalue weighted by Gasteiger charge is -2.34. The number of likely N-dealkylation sites (N-methyl/N-ethyl adjacent to an activating group) is 1. The summed E-state index contributed by atoms with van der Waals surface area (Å²) in [5.41, 5.74) is 0. The molecule has 92 valence electrons.